The van der Waals surface area contributed by atoms with E-state index in [0.29, 0.717) is 6.61 Å². The molecule has 0 aliphatic carbocycles. The van der Waals surface area contributed by atoms with Gasteiger partial charge in [0.2, 0.25) is 0 Å². The van der Waals surface area contributed by atoms with Gasteiger partial charge in [0.15, 0.2) is 5.82 Å². The van der Waals surface area contributed by atoms with Crippen LogP contribution in [-0.4, -0.2) is 14.8 Å². The summed E-state index contributed by atoms with van der Waals surface area (Å²) in [5.41, 5.74) is 2.16. The van der Waals surface area contributed by atoms with Crippen LogP contribution >= 0.6 is 0 Å². The van der Waals surface area contributed by atoms with Crippen molar-refractivity contribution in [2.45, 2.75) is 20.5 Å². The van der Waals surface area contributed by atoms with E-state index in [4.69, 9.17) is 4.74 Å². The number of aryl methyl sites for hydroxylation is 2. The maximum atomic E-state index is 5.62. The molecule has 0 atom stereocenters. The largest absolute Gasteiger partial charge is 0.483 e. The molecule has 4 nitrogen and oxygen atoms in total. The van der Waals surface area contributed by atoms with Gasteiger partial charge in [-0.1, -0.05) is 6.07 Å². The van der Waals surface area contributed by atoms with Gasteiger partial charge in [0.25, 0.3) is 0 Å². The second-order valence-electron chi connectivity index (χ2n) is 3.75. The van der Waals surface area contributed by atoms with E-state index < -0.39 is 0 Å². The van der Waals surface area contributed by atoms with Gasteiger partial charge >= 0.3 is 0 Å². The molecule has 0 N–H and O–H groups in total. The van der Waals surface area contributed by atoms with Crippen molar-refractivity contribution < 1.29 is 4.74 Å². The summed E-state index contributed by atoms with van der Waals surface area (Å²) in [5.74, 6) is 2.53. The minimum absolute atomic E-state index is 0.497. The van der Waals surface area contributed by atoms with E-state index in [9.17, 15) is 0 Å². The Labute approximate surface area is 87.5 Å². The number of nitrogens with zero attached hydrogens (tertiary/aromatic N) is 3. The molecule has 1 aromatic heterocycles. The van der Waals surface area contributed by atoms with Gasteiger partial charge in [0.1, 0.15) is 23.9 Å². The molecule has 2 heterocycles. The van der Waals surface area contributed by atoms with E-state index in [-0.39, 0.29) is 0 Å². The zero-order chi connectivity index (χ0) is 10.4. The van der Waals surface area contributed by atoms with Crippen LogP contribution in [0.4, 0.5) is 0 Å². The number of rotatable bonds is 0. The molecule has 0 fully saturated rings. The number of ether oxygens (including phenoxy) is 1. The Hall–Kier alpha value is -1.84. The maximum Gasteiger partial charge on any atom is 0.170 e. The van der Waals surface area contributed by atoms with Crippen LogP contribution in [0.2, 0.25) is 0 Å². The summed E-state index contributed by atoms with van der Waals surface area (Å²) in [4.78, 5) is 4.30. The monoisotopic (exact) mass is 201 g/mol. The van der Waals surface area contributed by atoms with Gasteiger partial charge in [-0.05, 0) is 31.5 Å². The average molecular weight is 201 g/mol. The van der Waals surface area contributed by atoms with Gasteiger partial charge in [-0.3, -0.25) is 0 Å². The molecular formula is C11H11N3O. The third-order valence-corrected chi connectivity index (χ3v) is 2.48. The molecule has 15 heavy (non-hydrogen) atoms. The van der Waals surface area contributed by atoms with Crippen LogP contribution in [0.3, 0.4) is 0 Å². The smallest absolute Gasteiger partial charge is 0.170 e. The van der Waals surface area contributed by atoms with Crippen LogP contribution in [0.5, 0.6) is 5.75 Å². The quantitative estimate of drug-likeness (QED) is 0.652. The molecule has 0 saturated heterocycles. The first kappa shape index (κ1) is 8.47. The summed E-state index contributed by atoms with van der Waals surface area (Å²) < 4.78 is 7.48. The number of hydrogen-bond donors (Lipinski definition) is 0. The number of hydrogen-bond acceptors (Lipinski definition) is 3. The van der Waals surface area contributed by atoms with Crippen molar-refractivity contribution in [2.24, 2.45) is 0 Å². The van der Waals surface area contributed by atoms with Gasteiger partial charge in [0, 0.05) is 0 Å². The first-order valence-electron chi connectivity index (χ1n) is 4.90. The van der Waals surface area contributed by atoms with Crippen molar-refractivity contribution in [2.75, 3.05) is 0 Å². The number of benzene rings is 1. The molecule has 0 amide bonds. The van der Waals surface area contributed by atoms with Gasteiger partial charge in [-0.2, -0.15) is 5.10 Å². The van der Waals surface area contributed by atoms with E-state index in [0.717, 1.165) is 23.1 Å². The van der Waals surface area contributed by atoms with Crippen LogP contribution in [0.1, 0.15) is 17.2 Å². The van der Waals surface area contributed by atoms with Gasteiger partial charge < -0.3 is 4.74 Å². The molecule has 0 radical (unpaired) electrons. The third kappa shape index (κ3) is 1.21. The summed E-state index contributed by atoms with van der Waals surface area (Å²) in [5, 5.41) is 4.35. The highest BCUT2D eigenvalue weighted by Gasteiger charge is 2.19. The lowest BCUT2D eigenvalue weighted by atomic mass is 10.2. The molecule has 1 aliphatic rings. The Bertz CT molecular complexity index is 531. The minimum atomic E-state index is 0.497. The lowest BCUT2D eigenvalue weighted by Crippen LogP contribution is -2.14. The van der Waals surface area contributed by atoms with Crippen molar-refractivity contribution >= 4 is 0 Å². The van der Waals surface area contributed by atoms with E-state index in [1.165, 1.54) is 5.56 Å². The van der Waals surface area contributed by atoms with Crippen LogP contribution in [0.25, 0.3) is 5.69 Å². The number of fused-ring (bicyclic) bond motifs is 3. The molecule has 0 bridgehead atoms. The van der Waals surface area contributed by atoms with Crippen molar-refractivity contribution in [1.82, 2.24) is 14.8 Å². The summed E-state index contributed by atoms with van der Waals surface area (Å²) in [6.07, 6.45) is 0. The highest BCUT2D eigenvalue weighted by molar-refractivity contribution is 5.49. The van der Waals surface area contributed by atoms with E-state index in [1.807, 2.05) is 36.7 Å². The molecule has 76 valence electrons. The third-order valence-electron chi connectivity index (χ3n) is 2.48. The van der Waals surface area contributed by atoms with Crippen molar-refractivity contribution in [3.63, 3.8) is 0 Å². The van der Waals surface area contributed by atoms with E-state index in [1.54, 1.807) is 0 Å². The van der Waals surface area contributed by atoms with Gasteiger partial charge in [-0.25, -0.2) is 9.67 Å². The predicted molar refractivity (Wildman–Crippen MR) is 55.2 cm³/mol. The Kier molecular flexibility index (Phi) is 1.59. The summed E-state index contributed by atoms with van der Waals surface area (Å²) in [6.45, 7) is 4.43. The fourth-order valence-corrected chi connectivity index (χ4v) is 1.80. The Morgan fingerprint density at radius 3 is 3.07 bits per heavy atom. The van der Waals surface area contributed by atoms with Gasteiger partial charge in [0.05, 0.1) is 0 Å². The molecular weight excluding hydrogens is 190 g/mol. The van der Waals surface area contributed by atoms with Crippen LogP contribution in [0, 0.1) is 13.8 Å². The first-order valence-corrected chi connectivity index (χ1v) is 4.90. The fraction of sp³-hybridized carbons (Fsp3) is 0.273. The van der Waals surface area contributed by atoms with Crippen molar-refractivity contribution in [3.05, 3.63) is 35.4 Å². The van der Waals surface area contributed by atoms with Crippen molar-refractivity contribution in [3.8, 4) is 11.4 Å². The van der Waals surface area contributed by atoms with E-state index in [2.05, 4.69) is 10.1 Å². The van der Waals surface area contributed by atoms with E-state index >= 15 is 0 Å². The zero-order valence-electron chi connectivity index (χ0n) is 8.69. The Morgan fingerprint density at radius 1 is 1.33 bits per heavy atom. The topological polar surface area (TPSA) is 39.9 Å². The van der Waals surface area contributed by atoms with Gasteiger partial charge in [-0.15, -0.1) is 0 Å². The highest BCUT2D eigenvalue weighted by Crippen LogP contribution is 2.29. The standard InChI is InChI=1S/C11H11N3O/c1-7-3-4-9-10(5-7)15-6-11-12-8(2)13-14(9)11/h3-5H,6H2,1-2H3. The highest BCUT2D eigenvalue weighted by atomic mass is 16.5. The predicted octanol–water partition coefficient (Wildman–Crippen LogP) is 1.78. The van der Waals surface area contributed by atoms with Crippen LogP contribution in [0.15, 0.2) is 18.2 Å². The molecule has 1 aromatic carbocycles. The number of aromatic nitrogens is 3. The van der Waals surface area contributed by atoms with Crippen molar-refractivity contribution in [1.29, 1.82) is 0 Å². The zero-order valence-corrected chi connectivity index (χ0v) is 8.69. The van der Waals surface area contributed by atoms with Crippen LogP contribution < -0.4 is 4.74 Å². The summed E-state index contributed by atoms with van der Waals surface area (Å²) >= 11 is 0. The molecule has 0 saturated carbocycles. The Balaban J connectivity index is 2.25. The molecule has 2 aromatic rings. The summed E-state index contributed by atoms with van der Waals surface area (Å²) in [7, 11) is 0. The summed E-state index contributed by atoms with van der Waals surface area (Å²) in [6, 6.07) is 6.09. The fourth-order valence-electron chi connectivity index (χ4n) is 1.80. The minimum Gasteiger partial charge on any atom is -0.483 e. The first-order chi connectivity index (χ1) is 7.24. The second kappa shape index (κ2) is 2.82. The average Bonchev–Trinajstić information content (AvgIpc) is 2.58. The lowest BCUT2D eigenvalue weighted by Gasteiger charge is -2.17. The molecule has 3 rings (SSSR count). The normalized spacial score (nSPS) is 12.9. The molecule has 0 spiro atoms. The molecule has 4 heteroatoms. The molecule has 1 aliphatic heterocycles. The maximum absolute atomic E-state index is 5.62. The molecule has 0 unspecified atom stereocenters. The second-order valence-corrected chi connectivity index (χ2v) is 3.75. The Morgan fingerprint density at radius 2 is 2.20 bits per heavy atom. The SMILES string of the molecule is Cc1ccc2c(c1)OCc1nc(C)nn1-2. The lowest BCUT2D eigenvalue weighted by molar-refractivity contribution is 0.276. The van der Waals surface area contributed by atoms with Crippen LogP contribution in [-0.2, 0) is 6.61 Å².